The summed E-state index contributed by atoms with van der Waals surface area (Å²) in [6.07, 6.45) is 2.87. The van der Waals surface area contributed by atoms with E-state index >= 15 is 0 Å². The van der Waals surface area contributed by atoms with E-state index in [1.54, 1.807) is 11.1 Å². The van der Waals surface area contributed by atoms with Gasteiger partial charge in [0.1, 0.15) is 0 Å². The van der Waals surface area contributed by atoms with Crippen molar-refractivity contribution >= 4 is 0 Å². The van der Waals surface area contributed by atoms with Crippen LogP contribution in [0.15, 0.2) is 24.3 Å². The Morgan fingerprint density at radius 1 is 1.11 bits per heavy atom. The maximum atomic E-state index is 5.55. The molecule has 4 aliphatic rings. The van der Waals surface area contributed by atoms with Gasteiger partial charge < -0.3 is 4.74 Å². The van der Waals surface area contributed by atoms with Crippen molar-refractivity contribution in [1.29, 1.82) is 0 Å². The Hall–Kier alpha value is -0.860. The molecule has 0 N–H and O–H groups in total. The lowest BCUT2D eigenvalue weighted by atomic mass is 9.97. The smallest absolute Gasteiger partial charge is 0.0594 e. The summed E-state index contributed by atoms with van der Waals surface area (Å²) >= 11 is 0. The minimum Gasteiger partial charge on any atom is -0.379 e. The lowest BCUT2D eigenvalue weighted by molar-refractivity contribution is -0.000361. The van der Waals surface area contributed by atoms with E-state index in [0.717, 1.165) is 44.1 Å². The third-order valence-corrected chi connectivity index (χ3v) is 5.95. The molecule has 3 fully saturated rings. The van der Waals surface area contributed by atoms with Crippen molar-refractivity contribution in [1.82, 2.24) is 4.90 Å². The molecule has 0 spiro atoms. The molecule has 4 atom stereocenters. The molecule has 1 aliphatic heterocycles. The standard InChI is InChI=1S/C16H19NO/c1-2-4-13-11(3-1)12-5-6-14-15(12)16(13,14)17-7-9-18-10-8-17/h1-4,12,14-15H,5-10H2. The summed E-state index contributed by atoms with van der Waals surface area (Å²) in [5.74, 6) is 2.76. The molecule has 1 saturated heterocycles. The molecule has 4 unspecified atom stereocenters. The van der Waals surface area contributed by atoms with Gasteiger partial charge >= 0.3 is 0 Å². The number of hydrogen-bond donors (Lipinski definition) is 0. The Bertz CT molecular complexity index is 508. The summed E-state index contributed by atoms with van der Waals surface area (Å²) in [5, 5.41) is 0. The van der Waals surface area contributed by atoms with Crippen molar-refractivity contribution in [2.24, 2.45) is 11.8 Å². The quantitative estimate of drug-likeness (QED) is 0.748. The minimum absolute atomic E-state index is 0.434. The van der Waals surface area contributed by atoms with Crippen molar-refractivity contribution in [3.05, 3.63) is 35.4 Å². The van der Waals surface area contributed by atoms with Crippen LogP contribution in [0.5, 0.6) is 0 Å². The van der Waals surface area contributed by atoms with Crippen LogP contribution in [0.3, 0.4) is 0 Å². The number of nitrogens with zero attached hydrogens (tertiary/aromatic N) is 1. The normalized spacial score (nSPS) is 44.8. The SMILES string of the molecule is c1ccc2c(c1)C1CCC3C1C23N1CCOCC1. The van der Waals surface area contributed by atoms with Crippen LogP contribution in [0.4, 0.5) is 0 Å². The second-order valence-electron chi connectivity index (χ2n) is 6.33. The van der Waals surface area contributed by atoms with Gasteiger partial charge in [0.15, 0.2) is 0 Å². The highest BCUT2D eigenvalue weighted by Crippen LogP contribution is 2.78. The first-order valence-corrected chi connectivity index (χ1v) is 7.36. The number of benzene rings is 1. The highest BCUT2D eigenvalue weighted by atomic mass is 16.5. The van der Waals surface area contributed by atoms with E-state index < -0.39 is 0 Å². The van der Waals surface area contributed by atoms with Crippen LogP contribution in [0.25, 0.3) is 0 Å². The molecule has 3 aliphatic carbocycles. The second kappa shape index (κ2) is 3.17. The van der Waals surface area contributed by atoms with Gasteiger partial charge in [0.25, 0.3) is 0 Å². The fourth-order valence-corrected chi connectivity index (χ4v) is 5.46. The van der Waals surface area contributed by atoms with Crippen molar-refractivity contribution in [3.8, 4) is 0 Å². The molecule has 2 saturated carbocycles. The molecule has 1 aromatic rings. The summed E-state index contributed by atoms with van der Waals surface area (Å²) < 4.78 is 5.55. The minimum atomic E-state index is 0.434. The van der Waals surface area contributed by atoms with E-state index in [0.29, 0.717) is 5.54 Å². The number of morpholine rings is 1. The number of fused-ring (bicyclic) bond motifs is 4. The molecule has 0 radical (unpaired) electrons. The summed E-state index contributed by atoms with van der Waals surface area (Å²) in [7, 11) is 0. The number of rotatable bonds is 1. The van der Waals surface area contributed by atoms with E-state index in [-0.39, 0.29) is 0 Å². The third kappa shape index (κ3) is 0.927. The highest BCUT2D eigenvalue weighted by Gasteiger charge is 2.76. The van der Waals surface area contributed by atoms with Crippen LogP contribution in [0.1, 0.15) is 29.9 Å². The lowest BCUT2D eigenvalue weighted by Crippen LogP contribution is -2.45. The zero-order valence-electron chi connectivity index (χ0n) is 10.6. The first kappa shape index (κ1) is 9.99. The predicted octanol–water partition coefficient (Wildman–Crippen LogP) is 2.35. The maximum Gasteiger partial charge on any atom is 0.0594 e. The Kier molecular flexibility index (Phi) is 1.76. The monoisotopic (exact) mass is 241 g/mol. The van der Waals surface area contributed by atoms with Gasteiger partial charge in [0, 0.05) is 13.1 Å². The van der Waals surface area contributed by atoms with E-state index in [1.807, 2.05) is 0 Å². The van der Waals surface area contributed by atoms with Crippen LogP contribution in [-0.4, -0.2) is 31.2 Å². The van der Waals surface area contributed by atoms with E-state index in [2.05, 4.69) is 29.2 Å². The van der Waals surface area contributed by atoms with Gasteiger partial charge in [0.05, 0.1) is 18.8 Å². The molecule has 1 aromatic carbocycles. The highest BCUT2D eigenvalue weighted by molar-refractivity contribution is 5.54. The van der Waals surface area contributed by atoms with E-state index in [1.165, 1.54) is 12.8 Å². The maximum absolute atomic E-state index is 5.55. The van der Waals surface area contributed by atoms with Gasteiger partial charge in [-0.3, -0.25) is 4.90 Å². The molecular weight excluding hydrogens is 222 g/mol. The Balaban J connectivity index is 1.65. The fourth-order valence-electron chi connectivity index (χ4n) is 5.46. The van der Waals surface area contributed by atoms with Gasteiger partial charge in [-0.2, -0.15) is 0 Å². The summed E-state index contributed by atoms with van der Waals surface area (Å²) in [5.41, 5.74) is 3.77. The first-order valence-electron chi connectivity index (χ1n) is 7.36. The van der Waals surface area contributed by atoms with E-state index in [4.69, 9.17) is 4.74 Å². The zero-order valence-corrected chi connectivity index (χ0v) is 10.6. The number of hydrogen-bond acceptors (Lipinski definition) is 2. The third-order valence-electron chi connectivity index (χ3n) is 5.95. The molecule has 94 valence electrons. The molecule has 0 amide bonds. The molecule has 2 heteroatoms. The Morgan fingerprint density at radius 3 is 2.83 bits per heavy atom. The van der Waals surface area contributed by atoms with Crippen molar-refractivity contribution < 1.29 is 4.74 Å². The summed E-state index contributed by atoms with van der Waals surface area (Å²) in [6, 6.07) is 9.25. The first-order chi connectivity index (χ1) is 8.94. The molecule has 1 heterocycles. The average Bonchev–Trinajstić information content (AvgIpc) is 2.80. The van der Waals surface area contributed by atoms with E-state index in [9.17, 15) is 0 Å². The van der Waals surface area contributed by atoms with Crippen LogP contribution < -0.4 is 0 Å². The van der Waals surface area contributed by atoms with Crippen LogP contribution in [0.2, 0.25) is 0 Å². The van der Waals surface area contributed by atoms with Crippen molar-refractivity contribution in [3.63, 3.8) is 0 Å². The molecule has 18 heavy (non-hydrogen) atoms. The Morgan fingerprint density at radius 2 is 1.94 bits per heavy atom. The lowest BCUT2D eigenvalue weighted by Gasteiger charge is -2.36. The molecular formula is C16H19NO. The topological polar surface area (TPSA) is 12.5 Å². The fraction of sp³-hybridized carbons (Fsp3) is 0.625. The van der Waals surface area contributed by atoms with Gasteiger partial charge in [-0.15, -0.1) is 0 Å². The molecule has 2 nitrogen and oxygen atoms in total. The van der Waals surface area contributed by atoms with Crippen LogP contribution in [0, 0.1) is 11.8 Å². The molecule has 0 aromatic heterocycles. The predicted molar refractivity (Wildman–Crippen MR) is 69.5 cm³/mol. The summed E-state index contributed by atoms with van der Waals surface area (Å²) in [6.45, 7) is 4.12. The second-order valence-corrected chi connectivity index (χ2v) is 6.33. The molecule has 0 bridgehead atoms. The zero-order chi connectivity index (χ0) is 11.7. The Labute approximate surface area is 108 Å². The van der Waals surface area contributed by atoms with Crippen LogP contribution >= 0.6 is 0 Å². The molecule has 5 rings (SSSR count). The van der Waals surface area contributed by atoms with Gasteiger partial charge in [-0.05, 0) is 41.7 Å². The number of ether oxygens (including phenoxy) is 1. The largest absolute Gasteiger partial charge is 0.379 e. The van der Waals surface area contributed by atoms with Crippen molar-refractivity contribution in [2.75, 3.05) is 26.3 Å². The van der Waals surface area contributed by atoms with Gasteiger partial charge in [0.2, 0.25) is 0 Å². The van der Waals surface area contributed by atoms with Gasteiger partial charge in [-0.1, -0.05) is 24.3 Å². The van der Waals surface area contributed by atoms with Crippen molar-refractivity contribution in [2.45, 2.75) is 24.3 Å². The average molecular weight is 241 g/mol. The van der Waals surface area contributed by atoms with Gasteiger partial charge in [-0.25, -0.2) is 0 Å². The van der Waals surface area contributed by atoms with Crippen LogP contribution in [-0.2, 0) is 10.3 Å². The summed E-state index contributed by atoms with van der Waals surface area (Å²) in [4.78, 5) is 2.75.